The van der Waals surface area contributed by atoms with Crippen LogP contribution in [0.5, 0.6) is 0 Å². The monoisotopic (exact) mass is 828 g/mol. The van der Waals surface area contributed by atoms with Gasteiger partial charge in [-0.3, -0.25) is 0 Å². The summed E-state index contributed by atoms with van der Waals surface area (Å²) in [5, 5.41) is 4.67. The predicted molar refractivity (Wildman–Crippen MR) is 266 cm³/mol. The number of rotatable bonds is 5. The zero-order chi connectivity index (χ0) is 42.5. The molecule has 9 rings (SSSR count). The second-order valence-corrected chi connectivity index (χ2v) is 22.9. The highest BCUT2D eigenvalue weighted by atomic mass is 35.5. The Morgan fingerprint density at radius 3 is 1.16 bits per heavy atom. The molecule has 0 aromatic heterocycles. The number of fused-ring (bicyclic) bond motifs is 6. The van der Waals surface area contributed by atoms with Gasteiger partial charge in [0.25, 0.3) is 0 Å². The number of nitrogens with zero attached hydrogens (tertiary/aromatic N) is 2. The first-order valence-electron chi connectivity index (χ1n) is 21.4. The Kier molecular flexibility index (Phi) is 10.4. The van der Waals surface area contributed by atoms with E-state index in [1.807, 2.05) is 0 Å². The lowest BCUT2D eigenvalue weighted by atomic mass is 9.84. The summed E-state index contributed by atoms with van der Waals surface area (Å²) in [5.41, 5.74) is 13.2. The second kappa shape index (κ2) is 15.7. The fourth-order valence-electron chi connectivity index (χ4n) is 8.95. The van der Waals surface area contributed by atoms with Crippen LogP contribution in [0.4, 0.5) is 34.1 Å². The standard InChI is InChI=1S/C57H53ClN2Si/c1-56(2,3)42-32-34-51(49(36-42)40-20-11-8-12-21-40)59-44-24-17-28-47(38-44)61(7,46-26-15-10-16-27-46)48-29-18-25-45(39-48)60(54-31-19-30-53(59)55(54)58)52-35-33-43(57(4,5)6)37-50(52)41-22-13-9-14-23-41/h8-39H,1-7H3. The molecule has 0 N–H and O–H groups in total. The van der Waals surface area contributed by atoms with Crippen molar-refractivity contribution in [1.82, 2.24) is 0 Å². The molecule has 8 aromatic rings. The number of halogens is 1. The largest absolute Gasteiger partial charge is 0.308 e. The van der Waals surface area contributed by atoms with Crippen molar-refractivity contribution in [2.45, 2.75) is 58.9 Å². The van der Waals surface area contributed by atoms with E-state index in [9.17, 15) is 0 Å². The molecule has 1 aliphatic heterocycles. The van der Waals surface area contributed by atoms with Crippen molar-refractivity contribution in [2.75, 3.05) is 9.80 Å². The molecule has 302 valence electrons. The van der Waals surface area contributed by atoms with E-state index in [2.05, 4.69) is 252 Å². The summed E-state index contributed by atoms with van der Waals surface area (Å²) in [5.74, 6) is 0. The van der Waals surface area contributed by atoms with E-state index in [0.717, 1.165) is 56.4 Å². The lowest BCUT2D eigenvalue weighted by molar-refractivity contribution is 0.590. The third kappa shape index (κ3) is 7.41. The Bertz CT molecular complexity index is 2690. The molecule has 0 spiro atoms. The molecular formula is C57H53ClN2Si. The third-order valence-electron chi connectivity index (χ3n) is 12.5. The normalized spacial score (nSPS) is 13.6. The summed E-state index contributed by atoms with van der Waals surface area (Å²) in [6, 6.07) is 71.7. The molecule has 0 atom stereocenters. The van der Waals surface area contributed by atoms with Crippen molar-refractivity contribution in [2.24, 2.45) is 0 Å². The Morgan fingerprint density at radius 2 is 0.754 bits per heavy atom. The fourth-order valence-corrected chi connectivity index (χ4v) is 12.8. The van der Waals surface area contributed by atoms with E-state index in [4.69, 9.17) is 11.6 Å². The smallest absolute Gasteiger partial charge is 0.145 e. The van der Waals surface area contributed by atoms with Gasteiger partial charge in [-0.25, -0.2) is 0 Å². The highest BCUT2D eigenvalue weighted by molar-refractivity contribution is 7.10. The topological polar surface area (TPSA) is 6.48 Å². The van der Waals surface area contributed by atoms with Crippen LogP contribution in [0.1, 0.15) is 52.7 Å². The van der Waals surface area contributed by atoms with Gasteiger partial charge in [0, 0.05) is 22.5 Å². The second-order valence-electron chi connectivity index (χ2n) is 18.6. The summed E-state index contributed by atoms with van der Waals surface area (Å²) in [6.07, 6.45) is 0. The summed E-state index contributed by atoms with van der Waals surface area (Å²) >= 11 is 8.03. The quantitative estimate of drug-likeness (QED) is 0.159. The van der Waals surface area contributed by atoms with Gasteiger partial charge in [0.15, 0.2) is 0 Å². The Labute approximate surface area is 368 Å². The lowest BCUT2D eigenvalue weighted by Gasteiger charge is -2.36. The molecule has 0 fully saturated rings. The van der Waals surface area contributed by atoms with Crippen LogP contribution in [0, 0.1) is 0 Å². The molecule has 0 aliphatic carbocycles. The highest BCUT2D eigenvalue weighted by Crippen LogP contribution is 2.51. The molecule has 2 nitrogen and oxygen atoms in total. The first kappa shape index (κ1) is 40.3. The van der Waals surface area contributed by atoms with Crippen molar-refractivity contribution in [3.8, 4) is 22.3 Å². The van der Waals surface area contributed by atoms with E-state index in [1.54, 1.807) is 0 Å². The highest BCUT2D eigenvalue weighted by Gasteiger charge is 2.37. The van der Waals surface area contributed by atoms with Crippen molar-refractivity contribution in [3.63, 3.8) is 0 Å². The zero-order valence-corrected chi connectivity index (χ0v) is 38.0. The van der Waals surface area contributed by atoms with E-state index >= 15 is 0 Å². The number of hydrogen-bond acceptors (Lipinski definition) is 2. The van der Waals surface area contributed by atoms with Crippen molar-refractivity contribution in [3.05, 3.63) is 210 Å². The van der Waals surface area contributed by atoms with E-state index < -0.39 is 8.07 Å². The van der Waals surface area contributed by atoms with E-state index in [0.29, 0.717) is 5.02 Å². The van der Waals surface area contributed by atoms with Gasteiger partial charge in [0.05, 0.1) is 27.8 Å². The molecule has 0 saturated heterocycles. The van der Waals surface area contributed by atoms with Crippen LogP contribution in [0.25, 0.3) is 22.3 Å². The maximum absolute atomic E-state index is 8.03. The number of hydrogen-bond donors (Lipinski definition) is 0. The summed E-state index contributed by atoms with van der Waals surface area (Å²) < 4.78 is 0. The van der Waals surface area contributed by atoms with Gasteiger partial charge >= 0.3 is 0 Å². The zero-order valence-electron chi connectivity index (χ0n) is 36.2. The Hall–Kier alpha value is -6.13. The number of anilines is 6. The third-order valence-corrected chi connectivity index (χ3v) is 17.3. The van der Waals surface area contributed by atoms with Gasteiger partial charge in [0.2, 0.25) is 0 Å². The van der Waals surface area contributed by atoms with Gasteiger partial charge in [-0.2, -0.15) is 0 Å². The summed E-state index contributed by atoms with van der Waals surface area (Å²) in [4.78, 5) is 4.80. The molecule has 0 radical (unpaired) electrons. The number of benzene rings is 8. The first-order chi connectivity index (χ1) is 29.3. The van der Waals surface area contributed by atoms with Gasteiger partial charge < -0.3 is 9.80 Å². The van der Waals surface area contributed by atoms with Crippen molar-refractivity contribution < 1.29 is 0 Å². The van der Waals surface area contributed by atoms with Gasteiger partial charge in [-0.15, -0.1) is 0 Å². The molecule has 6 bridgehead atoms. The van der Waals surface area contributed by atoms with Gasteiger partial charge in [0.1, 0.15) is 8.07 Å². The minimum absolute atomic E-state index is 0.0449. The lowest BCUT2D eigenvalue weighted by Crippen LogP contribution is -2.64. The van der Waals surface area contributed by atoms with Crippen LogP contribution in [-0.4, -0.2) is 8.07 Å². The predicted octanol–water partition coefficient (Wildman–Crippen LogP) is 14.6. The van der Waals surface area contributed by atoms with E-state index in [1.165, 1.54) is 26.7 Å². The van der Waals surface area contributed by atoms with Gasteiger partial charge in [-0.05, 0) is 109 Å². The SMILES string of the molecule is CC(C)(C)c1ccc(N2c3cccc(c3)[Si](C)(c3ccccc3)c3cccc(c3)N(c3ccc(C(C)(C)C)cc3-c3ccccc3)c3cccc2c3Cl)c(-c2ccccc2)c1. The molecule has 0 amide bonds. The first-order valence-corrected chi connectivity index (χ1v) is 24.3. The van der Waals surface area contributed by atoms with Crippen LogP contribution in [-0.2, 0) is 10.8 Å². The fraction of sp³-hybridized carbons (Fsp3) is 0.158. The molecule has 1 heterocycles. The Balaban J connectivity index is 1.41. The molecule has 0 saturated carbocycles. The van der Waals surface area contributed by atoms with Gasteiger partial charge in [-0.1, -0.05) is 193 Å². The average Bonchev–Trinajstić information content (AvgIpc) is 3.27. The van der Waals surface area contributed by atoms with Crippen LogP contribution < -0.4 is 25.4 Å². The minimum atomic E-state index is -2.64. The average molecular weight is 830 g/mol. The van der Waals surface area contributed by atoms with Crippen LogP contribution in [0.2, 0.25) is 11.6 Å². The molecule has 4 heteroatoms. The Morgan fingerprint density at radius 1 is 0.377 bits per heavy atom. The molecular weight excluding hydrogens is 776 g/mol. The van der Waals surface area contributed by atoms with Crippen LogP contribution >= 0.6 is 11.6 Å². The molecule has 1 aliphatic rings. The van der Waals surface area contributed by atoms with Crippen LogP contribution in [0.15, 0.2) is 194 Å². The van der Waals surface area contributed by atoms with Crippen molar-refractivity contribution >= 4 is 69.4 Å². The molecule has 61 heavy (non-hydrogen) atoms. The maximum atomic E-state index is 8.03. The molecule has 0 unspecified atom stereocenters. The van der Waals surface area contributed by atoms with Crippen molar-refractivity contribution in [1.29, 1.82) is 0 Å². The maximum Gasteiger partial charge on any atom is 0.145 e. The molecule has 8 aromatic carbocycles. The summed E-state index contributed by atoms with van der Waals surface area (Å²) in [6.45, 7) is 16.2. The summed E-state index contributed by atoms with van der Waals surface area (Å²) in [7, 11) is -2.64. The van der Waals surface area contributed by atoms with Crippen LogP contribution in [0.3, 0.4) is 0 Å². The minimum Gasteiger partial charge on any atom is -0.308 e. The van der Waals surface area contributed by atoms with E-state index in [-0.39, 0.29) is 10.8 Å².